The molecule has 1 aliphatic heterocycles. The van der Waals surface area contributed by atoms with Crippen molar-refractivity contribution in [1.29, 1.82) is 0 Å². The molecule has 1 saturated heterocycles. The third kappa shape index (κ3) is 11.8. The fraction of sp³-hybridized carbons (Fsp3) is 0.593. The number of hydrogen-bond donors (Lipinski definition) is 3. The molecule has 1 amide bonds. The van der Waals surface area contributed by atoms with Crippen molar-refractivity contribution < 1.29 is 52.1 Å². The fourth-order valence-electron chi connectivity index (χ4n) is 3.83. The first-order chi connectivity index (χ1) is 20.9. The van der Waals surface area contributed by atoms with Gasteiger partial charge in [-0.25, -0.2) is 14.2 Å². The standard InChI is InChI=1S/C27H39ClN3O12P/c1-4-37-12-13-38-14-15-39-26(34)30-23-8-10-31(25(33)29-23)18-40-22(24(32)27(2,3)35)17-42-44(36)41-11-9-21(43-44)19-6-5-7-20(28)16-19/h5-8,10,16,21-22,24,32,35H,4,9,11-15,17-18H2,1-3H3,(H,29,30,33,34)/t21-,22+,24+,44?/m0/s1. The first-order valence-corrected chi connectivity index (χ1v) is 15.8. The molecule has 1 aromatic carbocycles. The molecule has 2 aromatic rings. The molecule has 0 aliphatic carbocycles. The fourth-order valence-corrected chi connectivity index (χ4v) is 5.43. The van der Waals surface area contributed by atoms with Crippen LogP contribution < -0.4 is 11.0 Å². The van der Waals surface area contributed by atoms with Crippen molar-refractivity contribution in [2.45, 2.75) is 57.8 Å². The molecule has 4 atom stereocenters. The molecule has 246 valence electrons. The van der Waals surface area contributed by atoms with E-state index in [1.807, 2.05) is 6.92 Å². The van der Waals surface area contributed by atoms with Crippen LogP contribution in [0, 0.1) is 0 Å². The predicted octanol–water partition coefficient (Wildman–Crippen LogP) is 3.28. The lowest BCUT2D eigenvalue weighted by atomic mass is 9.97. The largest absolute Gasteiger partial charge is 0.475 e. The SMILES string of the molecule is CCOCCOCCOC(=O)Nc1ccn(CO[C@H](COP2(=O)OCC[C@@H](c3cccc(Cl)c3)O2)[C@@H](O)C(C)(C)O)c(=O)n1. The molecule has 2 heterocycles. The lowest BCUT2D eigenvalue weighted by molar-refractivity contribution is -0.152. The number of aromatic nitrogens is 2. The van der Waals surface area contributed by atoms with Gasteiger partial charge < -0.3 is 29.2 Å². The predicted molar refractivity (Wildman–Crippen MR) is 157 cm³/mol. The number of aliphatic hydroxyl groups is 2. The molecule has 0 saturated carbocycles. The van der Waals surface area contributed by atoms with E-state index in [1.54, 1.807) is 24.3 Å². The number of phosphoric ester groups is 1. The van der Waals surface area contributed by atoms with Crippen LogP contribution in [0.25, 0.3) is 0 Å². The van der Waals surface area contributed by atoms with Gasteiger partial charge in [0.05, 0.1) is 44.7 Å². The van der Waals surface area contributed by atoms with Crippen molar-refractivity contribution in [1.82, 2.24) is 9.55 Å². The van der Waals surface area contributed by atoms with E-state index in [0.29, 0.717) is 36.8 Å². The monoisotopic (exact) mass is 663 g/mol. The summed E-state index contributed by atoms with van der Waals surface area (Å²) in [5.74, 6) is -0.0659. The molecular formula is C27H39ClN3O12P. The van der Waals surface area contributed by atoms with Crippen LogP contribution in [-0.4, -0.2) is 89.9 Å². The first-order valence-electron chi connectivity index (χ1n) is 13.9. The molecule has 3 rings (SSSR count). The van der Waals surface area contributed by atoms with Gasteiger partial charge in [0.1, 0.15) is 31.4 Å². The van der Waals surface area contributed by atoms with E-state index in [2.05, 4.69) is 10.3 Å². The second kappa shape index (κ2) is 17.3. The molecule has 1 aromatic heterocycles. The van der Waals surface area contributed by atoms with Crippen LogP contribution in [0.1, 0.15) is 38.9 Å². The van der Waals surface area contributed by atoms with Gasteiger partial charge in [-0.1, -0.05) is 23.7 Å². The lowest BCUT2D eigenvalue weighted by Crippen LogP contribution is -2.48. The molecule has 15 nitrogen and oxygen atoms in total. The van der Waals surface area contributed by atoms with Crippen molar-refractivity contribution in [3.63, 3.8) is 0 Å². The zero-order valence-corrected chi connectivity index (χ0v) is 26.4. The Balaban J connectivity index is 1.55. The van der Waals surface area contributed by atoms with Crippen LogP contribution in [0.4, 0.5) is 10.6 Å². The summed E-state index contributed by atoms with van der Waals surface area (Å²) in [5, 5.41) is 24.0. The number of ether oxygens (including phenoxy) is 4. The maximum Gasteiger partial charge on any atom is 0.475 e. The number of aliphatic hydroxyl groups excluding tert-OH is 1. The normalized spacial score (nSPS) is 20.2. The second-order valence-electron chi connectivity index (χ2n) is 10.1. The van der Waals surface area contributed by atoms with Gasteiger partial charge in [0, 0.05) is 24.2 Å². The Kier molecular flexibility index (Phi) is 14.2. The summed E-state index contributed by atoms with van der Waals surface area (Å²) in [6, 6.07) is 8.22. The number of amides is 1. The zero-order valence-electron chi connectivity index (χ0n) is 24.8. The van der Waals surface area contributed by atoms with E-state index in [9.17, 15) is 24.4 Å². The summed E-state index contributed by atoms with van der Waals surface area (Å²) in [6.07, 6.45) is -2.56. The van der Waals surface area contributed by atoms with Crippen molar-refractivity contribution in [2.75, 3.05) is 51.6 Å². The Hall–Kier alpha value is -2.43. The highest BCUT2D eigenvalue weighted by molar-refractivity contribution is 7.48. The zero-order chi connectivity index (χ0) is 32.2. The van der Waals surface area contributed by atoms with Gasteiger partial charge in [-0.2, -0.15) is 4.98 Å². The number of carbonyl (C=O) groups excluding carboxylic acids is 1. The number of hydrogen-bond acceptors (Lipinski definition) is 13. The van der Waals surface area contributed by atoms with Crippen molar-refractivity contribution in [2.24, 2.45) is 0 Å². The Morgan fingerprint density at radius 1 is 1.25 bits per heavy atom. The summed E-state index contributed by atoms with van der Waals surface area (Å²) in [7, 11) is -4.10. The molecule has 1 fully saturated rings. The summed E-state index contributed by atoms with van der Waals surface area (Å²) < 4.78 is 51.7. The number of nitrogens with zero attached hydrogens (tertiary/aromatic N) is 2. The summed E-state index contributed by atoms with van der Waals surface area (Å²) >= 11 is 6.07. The Labute approximate surface area is 259 Å². The van der Waals surface area contributed by atoms with Crippen LogP contribution in [0.5, 0.6) is 0 Å². The topological polar surface area (TPSA) is 186 Å². The van der Waals surface area contributed by atoms with Gasteiger partial charge in [0.2, 0.25) is 0 Å². The van der Waals surface area contributed by atoms with Gasteiger partial charge in [-0.05, 0) is 44.5 Å². The summed E-state index contributed by atoms with van der Waals surface area (Å²) in [5.41, 5.74) is -1.77. The van der Waals surface area contributed by atoms with Crippen LogP contribution in [0.15, 0.2) is 41.3 Å². The van der Waals surface area contributed by atoms with Crippen LogP contribution >= 0.6 is 19.4 Å². The number of anilines is 1. The van der Waals surface area contributed by atoms with E-state index in [0.717, 1.165) is 4.57 Å². The lowest BCUT2D eigenvalue weighted by Gasteiger charge is -2.34. The summed E-state index contributed by atoms with van der Waals surface area (Å²) in [4.78, 5) is 28.3. The van der Waals surface area contributed by atoms with E-state index >= 15 is 0 Å². The van der Waals surface area contributed by atoms with Gasteiger partial charge in [0.15, 0.2) is 0 Å². The minimum absolute atomic E-state index is 0.0138. The number of nitrogens with one attached hydrogen (secondary N) is 1. The maximum absolute atomic E-state index is 13.2. The first kappa shape index (κ1) is 36.0. The van der Waals surface area contributed by atoms with Gasteiger partial charge in [0.25, 0.3) is 0 Å². The molecule has 1 aliphatic rings. The van der Waals surface area contributed by atoms with Crippen molar-refractivity contribution in [3.8, 4) is 0 Å². The van der Waals surface area contributed by atoms with Crippen LogP contribution in [0.3, 0.4) is 0 Å². The van der Waals surface area contributed by atoms with E-state index in [1.165, 1.54) is 26.1 Å². The number of phosphoric acid groups is 1. The Bertz CT molecular complexity index is 1310. The van der Waals surface area contributed by atoms with E-state index in [4.69, 9.17) is 44.1 Å². The van der Waals surface area contributed by atoms with Crippen molar-refractivity contribution in [3.05, 3.63) is 57.6 Å². The molecule has 44 heavy (non-hydrogen) atoms. The summed E-state index contributed by atoms with van der Waals surface area (Å²) in [6.45, 7) is 5.22. The average Bonchev–Trinajstić information content (AvgIpc) is 2.97. The highest BCUT2D eigenvalue weighted by atomic mass is 35.5. The van der Waals surface area contributed by atoms with Gasteiger partial charge in [-0.3, -0.25) is 23.5 Å². The third-order valence-corrected chi connectivity index (χ3v) is 7.86. The third-order valence-electron chi connectivity index (χ3n) is 6.15. The van der Waals surface area contributed by atoms with E-state index < -0.39 is 56.9 Å². The van der Waals surface area contributed by atoms with Crippen molar-refractivity contribution >= 4 is 31.3 Å². The molecule has 1 unspecified atom stereocenters. The average molecular weight is 664 g/mol. The molecule has 0 radical (unpaired) electrons. The maximum atomic E-state index is 13.2. The second-order valence-corrected chi connectivity index (χ2v) is 12.1. The van der Waals surface area contributed by atoms with Crippen LogP contribution in [-0.2, 0) is 43.8 Å². The Morgan fingerprint density at radius 2 is 2.00 bits per heavy atom. The smallest absolute Gasteiger partial charge is 0.447 e. The van der Waals surface area contributed by atoms with Crippen LogP contribution in [0.2, 0.25) is 5.02 Å². The molecule has 17 heteroatoms. The van der Waals surface area contributed by atoms with Gasteiger partial charge >= 0.3 is 19.6 Å². The number of benzene rings is 1. The molecule has 0 spiro atoms. The molecule has 3 N–H and O–H groups in total. The number of halogens is 1. The highest BCUT2D eigenvalue weighted by Crippen LogP contribution is 2.57. The molecular weight excluding hydrogens is 625 g/mol. The minimum Gasteiger partial charge on any atom is -0.447 e. The van der Waals surface area contributed by atoms with E-state index in [-0.39, 0.29) is 25.6 Å². The highest BCUT2D eigenvalue weighted by Gasteiger charge is 2.40. The number of carbonyl (C=O) groups is 1. The number of rotatable bonds is 17. The minimum atomic E-state index is -4.10. The molecule has 0 bridgehead atoms. The van der Waals surface area contributed by atoms with Gasteiger partial charge in [-0.15, -0.1) is 0 Å². The Morgan fingerprint density at radius 3 is 2.70 bits per heavy atom. The quantitative estimate of drug-likeness (QED) is 0.166.